The average molecular weight is 189 g/mol. The van der Waals surface area contributed by atoms with Crippen LogP contribution in [0.3, 0.4) is 0 Å². The van der Waals surface area contributed by atoms with Crippen molar-refractivity contribution < 1.29 is 9.62 Å². The van der Waals surface area contributed by atoms with Crippen LogP contribution in [0.5, 0.6) is 0 Å². The van der Waals surface area contributed by atoms with Crippen molar-refractivity contribution in [1.29, 1.82) is 0 Å². The predicted octanol–water partition coefficient (Wildman–Crippen LogP) is 2.80. The number of rotatable bonds is 2. The minimum Gasteiger partial charge on any atom is -0.460 e. The molecule has 0 atom stereocenters. The molecule has 0 saturated carbocycles. The van der Waals surface area contributed by atoms with E-state index in [4.69, 9.17) is 9.62 Å². The fraction of sp³-hybridized carbons (Fsp3) is 0.182. The van der Waals surface area contributed by atoms with Crippen LogP contribution in [-0.2, 0) is 6.42 Å². The van der Waals surface area contributed by atoms with E-state index in [0.29, 0.717) is 0 Å². The van der Waals surface area contributed by atoms with Crippen LogP contribution in [0.1, 0.15) is 18.2 Å². The molecule has 0 fully saturated rings. The highest BCUT2D eigenvalue weighted by molar-refractivity contribution is 5.99. The van der Waals surface area contributed by atoms with Crippen LogP contribution < -0.4 is 0 Å². The maximum absolute atomic E-state index is 8.55. The van der Waals surface area contributed by atoms with Crippen LogP contribution in [0.2, 0.25) is 0 Å². The molecule has 0 bridgehead atoms. The quantitative estimate of drug-likeness (QED) is 0.448. The van der Waals surface area contributed by atoms with E-state index in [0.717, 1.165) is 28.7 Å². The Bertz CT molecular complexity index is 471. The number of furan rings is 1. The fourth-order valence-corrected chi connectivity index (χ4v) is 1.58. The van der Waals surface area contributed by atoms with Gasteiger partial charge in [0.25, 0.3) is 0 Å². The van der Waals surface area contributed by atoms with Crippen LogP contribution in [0.4, 0.5) is 0 Å². The molecule has 1 heterocycles. The monoisotopic (exact) mass is 189 g/mol. The predicted molar refractivity (Wildman–Crippen MR) is 55.0 cm³/mol. The molecule has 0 aliphatic rings. The third-order valence-electron chi connectivity index (χ3n) is 2.22. The largest absolute Gasteiger partial charge is 0.460 e. The molecule has 1 N–H and O–H groups in total. The van der Waals surface area contributed by atoms with Crippen LogP contribution >= 0.6 is 0 Å². The molecule has 2 rings (SSSR count). The normalized spacial score (nSPS) is 11.5. The van der Waals surface area contributed by atoms with Gasteiger partial charge in [0.1, 0.15) is 11.3 Å². The second kappa shape index (κ2) is 3.54. The topological polar surface area (TPSA) is 45.7 Å². The zero-order valence-corrected chi connectivity index (χ0v) is 7.90. The summed E-state index contributed by atoms with van der Waals surface area (Å²) in [7, 11) is 0. The summed E-state index contributed by atoms with van der Waals surface area (Å²) in [5.74, 6) is 0.851. The molecule has 14 heavy (non-hydrogen) atoms. The highest BCUT2D eigenvalue weighted by atomic mass is 16.4. The zero-order valence-electron chi connectivity index (χ0n) is 7.90. The SMILES string of the molecule is CCc1oc2ccccc2c1C=NO. The first-order valence-corrected chi connectivity index (χ1v) is 4.54. The van der Waals surface area contributed by atoms with Gasteiger partial charge in [-0.2, -0.15) is 0 Å². The van der Waals surface area contributed by atoms with Crippen molar-refractivity contribution in [3.63, 3.8) is 0 Å². The minimum atomic E-state index is 0.788. The number of aryl methyl sites for hydroxylation is 1. The molecule has 1 aromatic heterocycles. The van der Waals surface area contributed by atoms with E-state index in [9.17, 15) is 0 Å². The maximum Gasteiger partial charge on any atom is 0.134 e. The van der Waals surface area contributed by atoms with Crippen molar-refractivity contribution in [2.75, 3.05) is 0 Å². The Kier molecular flexibility index (Phi) is 2.23. The lowest BCUT2D eigenvalue weighted by Crippen LogP contribution is -1.85. The van der Waals surface area contributed by atoms with Crippen molar-refractivity contribution >= 4 is 17.2 Å². The number of oxime groups is 1. The first-order valence-electron chi connectivity index (χ1n) is 4.54. The van der Waals surface area contributed by atoms with Gasteiger partial charge in [-0.3, -0.25) is 0 Å². The van der Waals surface area contributed by atoms with Crippen LogP contribution in [-0.4, -0.2) is 11.4 Å². The Hall–Kier alpha value is -1.77. The van der Waals surface area contributed by atoms with Crippen molar-refractivity contribution in [1.82, 2.24) is 0 Å². The molecule has 1 aromatic carbocycles. The van der Waals surface area contributed by atoms with E-state index in [1.54, 1.807) is 0 Å². The van der Waals surface area contributed by atoms with Crippen LogP contribution in [0.25, 0.3) is 11.0 Å². The van der Waals surface area contributed by atoms with E-state index >= 15 is 0 Å². The molecule has 0 aliphatic carbocycles. The van der Waals surface area contributed by atoms with Crippen LogP contribution in [0, 0.1) is 0 Å². The summed E-state index contributed by atoms with van der Waals surface area (Å²) in [6.07, 6.45) is 2.21. The first-order chi connectivity index (χ1) is 6.86. The Labute approximate surface area is 81.6 Å². The van der Waals surface area contributed by atoms with Crippen molar-refractivity contribution in [3.05, 3.63) is 35.6 Å². The standard InChI is InChI=1S/C11H11NO2/c1-2-10-9(7-12-13)8-5-3-4-6-11(8)14-10/h3-7,13H,2H2,1H3. The van der Waals surface area contributed by atoms with Gasteiger partial charge in [0, 0.05) is 17.4 Å². The second-order valence-electron chi connectivity index (χ2n) is 3.03. The van der Waals surface area contributed by atoms with Gasteiger partial charge in [-0.05, 0) is 6.07 Å². The Morgan fingerprint density at radius 2 is 2.21 bits per heavy atom. The molecule has 72 valence electrons. The molecule has 3 nitrogen and oxygen atoms in total. The van der Waals surface area contributed by atoms with Gasteiger partial charge in [0.15, 0.2) is 0 Å². The van der Waals surface area contributed by atoms with E-state index in [-0.39, 0.29) is 0 Å². The molecule has 0 amide bonds. The van der Waals surface area contributed by atoms with Crippen molar-refractivity contribution in [2.45, 2.75) is 13.3 Å². The van der Waals surface area contributed by atoms with E-state index in [1.807, 2.05) is 31.2 Å². The highest BCUT2D eigenvalue weighted by Gasteiger charge is 2.09. The molecular formula is C11H11NO2. The van der Waals surface area contributed by atoms with Gasteiger partial charge in [-0.15, -0.1) is 0 Å². The van der Waals surface area contributed by atoms with Gasteiger partial charge in [-0.1, -0.05) is 30.3 Å². The molecular weight excluding hydrogens is 178 g/mol. The van der Waals surface area contributed by atoms with E-state index in [1.165, 1.54) is 6.21 Å². The maximum atomic E-state index is 8.55. The zero-order chi connectivity index (χ0) is 9.97. The summed E-state index contributed by atoms with van der Waals surface area (Å²) < 4.78 is 5.60. The Balaban J connectivity index is 2.74. The molecule has 0 saturated heterocycles. The summed E-state index contributed by atoms with van der Waals surface area (Å²) in [4.78, 5) is 0. The van der Waals surface area contributed by atoms with Gasteiger partial charge in [0.2, 0.25) is 0 Å². The van der Waals surface area contributed by atoms with Gasteiger partial charge in [-0.25, -0.2) is 0 Å². The Morgan fingerprint density at radius 1 is 1.43 bits per heavy atom. The highest BCUT2D eigenvalue weighted by Crippen LogP contribution is 2.24. The molecule has 2 aromatic rings. The lowest BCUT2D eigenvalue weighted by atomic mass is 10.1. The summed E-state index contributed by atoms with van der Waals surface area (Å²) in [5.41, 5.74) is 1.70. The number of benzene rings is 1. The van der Waals surface area contributed by atoms with Gasteiger partial charge >= 0.3 is 0 Å². The first kappa shape index (κ1) is 8.81. The second-order valence-corrected chi connectivity index (χ2v) is 3.03. The Morgan fingerprint density at radius 3 is 2.93 bits per heavy atom. The van der Waals surface area contributed by atoms with E-state index < -0.39 is 0 Å². The smallest absolute Gasteiger partial charge is 0.134 e. The van der Waals surface area contributed by atoms with E-state index in [2.05, 4.69) is 5.16 Å². The third-order valence-corrected chi connectivity index (χ3v) is 2.22. The van der Waals surface area contributed by atoms with Gasteiger partial charge in [0.05, 0.1) is 6.21 Å². The third kappa shape index (κ3) is 1.27. The lowest BCUT2D eigenvalue weighted by molar-refractivity contribution is 0.321. The number of fused-ring (bicyclic) bond motifs is 1. The summed E-state index contributed by atoms with van der Waals surface area (Å²) >= 11 is 0. The molecule has 3 heteroatoms. The fourth-order valence-electron chi connectivity index (χ4n) is 1.58. The summed E-state index contributed by atoms with van der Waals surface area (Å²) in [6, 6.07) is 7.72. The number of hydrogen-bond donors (Lipinski definition) is 1. The molecule has 0 aliphatic heterocycles. The average Bonchev–Trinajstić information content (AvgIpc) is 2.58. The van der Waals surface area contributed by atoms with Crippen molar-refractivity contribution in [3.8, 4) is 0 Å². The van der Waals surface area contributed by atoms with Crippen molar-refractivity contribution in [2.24, 2.45) is 5.16 Å². The molecule has 0 unspecified atom stereocenters. The number of hydrogen-bond acceptors (Lipinski definition) is 3. The van der Waals surface area contributed by atoms with Crippen LogP contribution in [0.15, 0.2) is 33.8 Å². The molecule has 0 radical (unpaired) electrons. The number of para-hydroxylation sites is 1. The van der Waals surface area contributed by atoms with Gasteiger partial charge < -0.3 is 9.62 Å². The summed E-state index contributed by atoms with van der Waals surface area (Å²) in [5, 5.41) is 12.6. The number of nitrogens with zero attached hydrogens (tertiary/aromatic N) is 1. The minimum absolute atomic E-state index is 0.788. The molecule has 0 spiro atoms. The lowest BCUT2D eigenvalue weighted by Gasteiger charge is -1.90. The summed E-state index contributed by atoms with van der Waals surface area (Å²) in [6.45, 7) is 2.01.